The molecule has 0 amide bonds. The highest BCUT2D eigenvalue weighted by Gasteiger charge is 2.12. The highest BCUT2D eigenvalue weighted by Crippen LogP contribution is 2.23. The van der Waals surface area contributed by atoms with Gasteiger partial charge in [0.15, 0.2) is 0 Å². The van der Waals surface area contributed by atoms with Crippen LogP contribution in [0.5, 0.6) is 5.75 Å². The van der Waals surface area contributed by atoms with Gasteiger partial charge in [-0.05, 0) is 6.07 Å². The van der Waals surface area contributed by atoms with Gasteiger partial charge in [-0.25, -0.2) is 0 Å². The Morgan fingerprint density at radius 3 is 2.86 bits per heavy atom. The lowest BCUT2D eigenvalue weighted by atomic mass is 10.1. The first-order chi connectivity index (χ1) is 10.2. The van der Waals surface area contributed by atoms with Crippen molar-refractivity contribution in [3.05, 3.63) is 33.9 Å². The van der Waals surface area contributed by atoms with E-state index in [9.17, 15) is 10.1 Å². The molecule has 2 rings (SSSR count). The molecule has 0 bridgehead atoms. The summed E-state index contributed by atoms with van der Waals surface area (Å²) in [6.45, 7) is 5.82. The summed E-state index contributed by atoms with van der Waals surface area (Å²) in [7, 11) is 1.57. The second-order valence-corrected chi connectivity index (χ2v) is 4.88. The number of nitro benzene ring substituents is 1. The van der Waals surface area contributed by atoms with E-state index in [1.54, 1.807) is 19.2 Å². The van der Waals surface area contributed by atoms with Crippen LogP contribution in [0.1, 0.15) is 5.56 Å². The standard InChI is InChI=1S/C14H21N3O4/c1-20-14-3-2-13(17(18)19)10-12(14)11-15-4-5-16-6-8-21-9-7-16/h2-3,10,15H,4-9,11H2,1H3. The number of rotatable bonds is 7. The normalized spacial score (nSPS) is 15.9. The van der Waals surface area contributed by atoms with E-state index in [0.717, 1.165) is 45.0 Å². The first-order valence-electron chi connectivity index (χ1n) is 7.03. The van der Waals surface area contributed by atoms with Gasteiger partial charge in [0.05, 0.1) is 25.2 Å². The van der Waals surface area contributed by atoms with E-state index in [0.29, 0.717) is 12.3 Å². The van der Waals surface area contributed by atoms with Crippen molar-refractivity contribution in [2.24, 2.45) is 0 Å². The third-order valence-electron chi connectivity index (χ3n) is 3.50. The number of morpholine rings is 1. The number of non-ortho nitro benzene ring substituents is 1. The van der Waals surface area contributed by atoms with Crippen LogP contribution < -0.4 is 10.1 Å². The van der Waals surface area contributed by atoms with Crippen LogP contribution in [0.3, 0.4) is 0 Å². The van der Waals surface area contributed by atoms with Crippen LogP contribution in [0.2, 0.25) is 0 Å². The maximum atomic E-state index is 10.8. The summed E-state index contributed by atoms with van der Waals surface area (Å²) in [5.74, 6) is 0.666. The van der Waals surface area contributed by atoms with Gasteiger partial charge in [-0.1, -0.05) is 0 Å². The Bertz CT molecular complexity index is 475. The highest BCUT2D eigenvalue weighted by molar-refractivity contribution is 5.43. The molecule has 0 saturated carbocycles. The number of nitrogens with zero attached hydrogens (tertiary/aromatic N) is 2. The molecule has 21 heavy (non-hydrogen) atoms. The zero-order chi connectivity index (χ0) is 15.1. The summed E-state index contributed by atoms with van der Waals surface area (Å²) in [4.78, 5) is 12.8. The molecule has 0 aromatic heterocycles. The number of hydrogen-bond acceptors (Lipinski definition) is 6. The Kier molecular flexibility index (Phi) is 5.91. The largest absolute Gasteiger partial charge is 0.496 e. The van der Waals surface area contributed by atoms with Crippen molar-refractivity contribution in [2.45, 2.75) is 6.54 Å². The minimum absolute atomic E-state index is 0.0841. The lowest BCUT2D eigenvalue weighted by molar-refractivity contribution is -0.384. The highest BCUT2D eigenvalue weighted by atomic mass is 16.6. The second-order valence-electron chi connectivity index (χ2n) is 4.88. The monoisotopic (exact) mass is 295 g/mol. The van der Waals surface area contributed by atoms with Gasteiger partial charge in [-0.2, -0.15) is 0 Å². The average Bonchev–Trinajstić information content (AvgIpc) is 2.52. The van der Waals surface area contributed by atoms with Crippen molar-refractivity contribution < 1.29 is 14.4 Å². The van der Waals surface area contributed by atoms with Gasteiger partial charge in [-0.15, -0.1) is 0 Å². The van der Waals surface area contributed by atoms with Gasteiger partial charge < -0.3 is 14.8 Å². The molecule has 1 aliphatic heterocycles. The molecule has 1 aromatic carbocycles. The third-order valence-corrected chi connectivity index (χ3v) is 3.50. The number of ether oxygens (including phenoxy) is 2. The van der Waals surface area contributed by atoms with Gasteiger partial charge in [0.2, 0.25) is 0 Å². The minimum atomic E-state index is -0.392. The molecule has 0 unspecified atom stereocenters. The SMILES string of the molecule is COc1ccc([N+](=O)[O-])cc1CNCCN1CCOCC1. The van der Waals surface area contributed by atoms with E-state index >= 15 is 0 Å². The van der Waals surface area contributed by atoms with Crippen molar-refractivity contribution >= 4 is 5.69 Å². The van der Waals surface area contributed by atoms with Crippen LogP contribution in [0.25, 0.3) is 0 Å². The number of nitro groups is 1. The first-order valence-corrected chi connectivity index (χ1v) is 7.03. The molecule has 1 heterocycles. The quantitative estimate of drug-likeness (QED) is 0.460. The molecule has 0 atom stereocenters. The van der Waals surface area contributed by atoms with E-state index in [1.165, 1.54) is 6.07 Å². The van der Waals surface area contributed by atoms with Crippen LogP contribution in [0.15, 0.2) is 18.2 Å². The predicted molar refractivity (Wildman–Crippen MR) is 78.6 cm³/mol. The molecule has 0 aliphatic carbocycles. The van der Waals surface area contributed by atoms with E-state index in [4.69, 9.17) is 9.47 Å². The lowest BCUT2D eigenvalue weighted by Crippen LogP contribution is -2.40. The summed E-state index contributed by atoms with van der Waals surface area (Å²) in [6.07, 6.45) is 0. The Morgan fingerprint density at radius 2 is 2.19 bits per heavy atom. The first kappa shape index (κ1) is 15.7. The zero-order valence-electron chi connectivity index (χ0n) is 12.2. The zero-order valence-corrected chi connectivity index (χ0v) is 12.2. The minimum Gasteiger partial charge on any atom is -0.496 e. The Hall–Kier alpha value is -1.70. The molecule has 1 N–H and O–H groups in total. The van der Waals surface area contributed by atoms with Gasteiger partial charge >= 0.3 is 0 Å². The molecule has 116 valence electrons. The fourth-order valence-corrected chi connectivity index (χ4v) is 2.30. The summed E-state index contributed by atoms with van der Waals surface area (Å²) < 4.78 is 10.5. The molecular formula is C14H21N3O4. The lowest BCUT2D eigenvalue weighted by Gasteiger charge is -2.26. The number of hydrogen-bond donors (Lipinski definition) is 1. The fourth-order valence-electron chi connectivity index (χ4n) is 2.30. The molecule has 7 heteroatoms. The van der Waals surface area contributed by atoms with Crippen molar-refractivity contribution in [2.75, 3.05) is 46.5 Å². The van der Waals surface area contributed by atoms with Crippen molar-refractivity contribution in [3.8, 4) is 5.75 Å². The molecule has 1 aromatic rings. The summed E-state index contributed by atoms with van der Waals surface area (Å²) in [6, 6.07) is 4.65. The number of methoxy groups -OCH3 is 1. The van der Waals surface area contributed by atoms with E-state index in [2.05, 4.69) is 10.2 Å². The van der Waals surface area contributed by atoms with E-state index < -0.39 is 4.92 Å². The van der Waals surface area contributed by atoms with Crippen molar-refractivity contribution in [1.29, 1.82) is 0 Å². The fraction of sp³-hybridized carbons (Fsp3) is 0.571. The van der Waals surface area contributed by atoms with Crippen molar-refractivity contribution in [1.82, 2.24) is 10.2 Å². The molecule has 1 saturated heterocycles. The summed E-state index contributed by atoms with van der Waals surface area (Å²) >= 11 is 0. The molecule has 0 radical (unpaired) electrons. The van der Waals surface area contributed by atoms with E-state index in [-0.39, 0.29) is 5.69 Å². The topological polar surface area (TPSA) is 76.9 Å². The molecule has 1 aliphatic rings. The van der Waals surface area contributed by atoms with Gasteiger partial charge in [-0.3, -0.25) is 15.0 Å². The average molecular weight is 295 g/mol. The smallest absolute Gasteiger partial charge is 0.270 e. The molecule has 1 fully saturated rings. The van der Waals surface area contributed by atoms with Crippen LogP contribution in [0.4, 0.5) is 5.69 Å². The van der Waals surface area contributed by atoms with Gasteiger partial charge in [0.1, 0.15) is 5.75 Å². The molecular weight excluding hydrogens is 274 g/mol. The number of benzene rings is 1. The maximum Gasteiger partial charge on any atom is 0.270 e. The summed E-state index contributed by atoms with van der Waals surface area (Å²) in [5, 5.41) is 14.1. The van der Waals surface area contributed by atoms with E-state index in [1.807, 2.05) is 0 Å². The molecule has 7 nitrogen and oxygen atoms in total. The maximum absolute atomic E-state index is 10.8. The second kappa shape index (κ2) is 7.92. The van der Waals surface area contributed by atoms with Crippen LogP contribution >= 0.6 is 0 Å². The molecule has 0 spiro atoms. The van der Waals surface area contributed by atoms with Crippen LogP contribution in [0, 0.1) is 10.1 Å². The Morgan fingerprint density at radius 1 is 1.43 bits per heavy atom. The Labute approximate surface area is 124 Å². The van der Waals surface area contributed by atoms with Crippen LogP contribution in [-0.4, -0.2) is 56.3 Å². The Balaban J connectivity index is 1.83. The summed E-state index contributed by atoms with van der Waals surface area (Å²) in [5.41, 5.74) is 0.884. The third kappa shape index (κ3) is 4.66. The predicted octanol–water partition coefficient (Wildman–Crippen LogP) is 1.03. The number of nitrogens with one attached hydrogen (secondary N) is 1. The van der Waals surface area contributed by atoms with Gasteiger partial charge in [0, 0.05) is 50.4 Å². The van der Waals surface area contributed by atoms with Crippen LogP contribution in [-0.2, 0) is 11.3 Å². The van der Waals surface area contributed by atoms with Crippen molar-refractivity contribution in [3.63, 3.8) is 0 Å². The van der Waals surface area contributed by atoms with Gasteiger partial charge in [0.25, 0.3) is 5.69 Å².